The van der Waals surface area contributed by atoms with Crippen LogP contribution in [0.4, 0.5) is 35.9 Å². The van der Waals surface area contributed by atoms with Crippen LogP contribution in [0.1, 0.15) is 64.2 Å². The van der Waals surface area contributed by atoms with Crippen LogP contribution >= 0.6 is 12.6 Å². The van der Waals surface area contributed by atoms with Crippen molar-refractivity contribution in [2.24, 2.45) is 0 Å². The fraction of sp³-hybridized carbons (Fsp3) is 0.452. The molecule has 3 N–H and O–H groups in total. The highest BCUT2D eigenvalue weighted by Crippen LogP contribution is 2.43. The molecule has 3 aliphatic rings. The first kappa shape index (κ1) is 43.3. The number of piperidine rings is 1. The molecule has 4 atom stereocenters. The number of nitrogens with zero attached hydrogens (tertiary/aromatic N) is 5. The molecular formula is C42H49F3N8O5S. The van der Waals surface area contributed by atoms with Gasteiger partial charge in [0.25, 0.3) is 5.91 Å². The van der Waals surface area contributed by atoms with E-state index in [-0.39, 0.29) is 48.5 Å². The molecule has 0 aromatic heterocycles. The lowest BCUT2D eigenvalue weighted by molar-refractivity contribution is -0.138. The normalized spacial score (nSPS) is 22.5. The van der Waals surface area contributed by atoms with Crippen molar-refractivity contribution >= 4 is 59.0 Å². The molecule has 314 valence electrons. The Kier molecular flexibility index (Phi) is 12.8. The molecule has 0 bridgehead atoms. The van der Waals surface area contributed by atoms with Crippen LogP contribution in [0.3, 0.4) is 0 Å². The van der Waals surface area contributed by atoms with E-state index in [2.05, 4.69) is 39.6 Å². The maximum atomic E-state index is 13.8. The quantitative estimate of drug-likeness (QED) is 0.134. The smallest absolute Gasteiger partial charge is 0.417 e. The Morgan fingerprint density at radius 2 is 1.69 bits per heavy atom. The SMILES string of the molecule is CCc1cc(N2[C@H](S)N(c3ccc(C#N)c(C(F)(F)F)c3)C(=O)C2(C)C)ccc1OCCN1C[C@H](C)N(CC(=O)Nc2cccc(NC3CCC(=O)NC3=O)c2)C[C@@H]1C. The van der Waals surface area contributed by atoms with E-state index >= 15 is 0 Å². The Labute approximate surface area is 347 Å². The molecule has 0 saturated carbocycles. The summed E-state index contributed by atoms with van der Waals surface area (Å²) in [6.07, 6.45) is -3.50. The number of carbonyl (C=O) groups excluding carboxylic acids is 4. The fourth-order valence-electron chi connectivity index (χ4n) is 7.94. The summed E-state index contributed by atoms with van der Waals surface area (Å²) >= 11 is 4.73. The summed E-state index contributed by atoms with van der Waals surface area (Å²) in [5, 5.41) is 17.7. The third-order valence-corrected chi connectivity index (χ3v) is 11.6. The largest absolute Gasteiger partial charge is 0.492 e. The van der Waals surface area contributed by atoms with Crippen molar-refractivity contribution in [2.45, 2.75) is 89.2 Å². The molecule has 3 aliphatic heterocycles. The molecule has 3 aromatic rings. The summed E-state index contributed by atoms with van der Waals surface area (Å²) in [6.45, 7) is 12.2. The fourth-order valence-corrected chi connectivity index (χ4v) is 8.60. The van der Waals surface area contributed by atoms with Gasteiger partial charge in [0.1, 0.15) is 23.9 Å². The summed E-state index contributed by atoms with van der Waals surface area (Å²) in [6, 6.07) is 17.2. The molecule has 3 aromatic carbocycles. The highest BCUT2D eigenvalue weighted by atomic mass is 32.1. The average molecular weight is 835 g/mol. The summed E-state index contributed by atoms with van der Waals surface area (Å²) in [5.41, 5.74) is -0.956. The van der Waals surface area contributed by atoms with Crippen LogP contribution in [0.5, 0.6) is 5.75 Å². The third-order valence-electron chi connectivity index (χ3n) is 11.2. The molecule has 3 saturated heterocycles. The standard InChI is InChI=1S/C42H49F3N8O5S/c1-6-27-18-32(53-40(59)52(39(57)41(53,4)5)31-11-10-28(21-46)33(20-31)42(43,44)45)12-14-35(27)58-17-16-50-22-26(3)51(23-25(50)2)24-37(55)48-30-9-7-8-29(19-30)47-34-13-15-36(54)49-38(34)56/h7-12,14,18-20,25-26,34,40,47,59H,6,13,15-17,22-24H2,1-5H3,(H,48,55)(H,49,54,56)/t25-,26-,34?,40+/m0/s1. The van der Waals surface area contributed by atoms with Crippen molar-refractivity contribution in [3.8, 4) is 11.8 Å². The van der Waals surface area contributed by atoms with Crippen LogP contribution in [0, 0.1) is 11.3 Å². The van der Waals surface area contributed by atoms with E-state index in [4.69, 9.17) is 17.4 Å². The number of amides is 4. The van der Waals surface area contributed by atoms with Crippen LogP contribution in [0.15, 0.2) is 60.7 Å². The maximum Gasteiger partial charge on any atom is 0.417 e. The Morgan fingerprint density at radius 3 is 2.39 bits per heavy atom. The molecule has 0 aliphatic carbocycles. The minimum absolute atomic E-state index is 0.0101. The number of nitriles is 1. The number of benzene rings is 3. The lowest BCUT2D eigenvalue weighted by Gasteiger charge is -2.43. The molecule has 0 spiro atoms. The molecule has 3 heterocycles. The van der Waals surface area contributed by atoms with Gasteiger partial charge in [-0.15, -0.1) is 12.6 Å². The van der Waals surface area contributed by atoms with Gasteiger partial charge in [-0.05, 0) is 101 Å². The zero-order valence-electron chi connectivity index (χ0n) is 33.6. The summed E-state index contributed by atoms with van der Waals surface area (Å²) in [4.78, 5) is 58.0. The number of aryl methyl sites for hydroxylation is 1. The van der Waals surface area contributed by atoms with E-state index in [1.165, 1.54) is 11.0 Å². The molecule has 4 amide bonds. The van der Waals surface area contributed by atoms with E-state index in [0.717, 1.165) is 24.2 Å². The zero-order chi connectivity index (χ0) is 42.8. The van der Waals surface area contributed by atoms with E-state index in [1.54, 1.807) is 49.1 Å². The number of anilines is 4. The Morgan fingerprint density at radius 1 is 1.00 bits per heavy atom. The van der Waals surface area contributed by atoms with E-state index in [0.29, 0.717) is 55.3 Å². The summed E-state index contributed by atoms with van der Waals surface area (Å²) < 4.78 is 47.7. The molecule has 3 fully saturated rings. The molecule has 6 rings (SSSR count). The number of halogens is 3. The van der Waals surface area contributed by atoms with Gasteiger partial charge in [0.05, 0.1) is 23.7 Å². The highest BCUT2D eigenvalue weighted by Gasteiger charge is 2.52. The predicted octanol–water partition coefficient (Wildman–Crippen LogP) is 5.61. The number of hydrogen-bond acceptors (Lipinski definition) is 11. The topological polar surface area (TPSA) is 150 Å². The van der Waals surface area contributed by atoms with Gasteiger partial charge in [-0.3, -0.25) is 39.2 Å². The number of alkyl halides is 3. The van der Waals surface area contributed by atoms with Gasteiger partial charge in [0.15, 0.2) is 5.50 Å². The van der Waals surface area contributed by atoms with Crippen molar-refractivity contribution in [3.63, 3.8) is 0 Å². The summed E-state index contributed by atoms with van der Waals surface area (Å²) in [5.74, 6) is -0.565. The monoisotopic (exact) mass is 834 g/mol. The molecule has 59 heavy (non-hydrogen) atoms. The van der Waals surface area contributed by atoms with E-state index in [9.17, 15) is 37.6 Å². The lowest BCUT2D eigenvalue weighted by Crippen LogP contribution is -2.58. The second-order valence-electron chi connectivity index (χ2n) is 15.7. The highest BCUT2D eigenvalue weighted by molar-refractivity contribution is 7.81. The van der Waals surface area contributed by atoms with Crippen molar-refractivity contribution < 1.29 is 37.1 Å². The van der Waals surface area contributed by atoms with Gasteiger partial charge in [-0.2, -0.15) is 18.4 Å². The summed E-state index contributed by atoms with van der Waals surface area (Å²) in [7, 11) is 0. The lowest BCUT2D eigenvalue weighted by atomic mass is 10.0. The molecule has 17 heteroatoms. The van der Waals surface area contributed by atoms with Crippen LogP contribution in [0.25, 0.3) is 0 Å². The minimum atomic E-state index is -4.78. The molecule has 0 radical (unpaired) electrons. The maximum absolute atomic E-state index is 13.8. The van der Waals surface area contributed by atoms with Gasteiger partial charge >= 0.3 is 6.18 Å². The van der Waals surface area contributed by atoms with Crippen molar-refractivity contribution in [1.82, 2.24) is 15.1 Å². The van der Waals surface area contributed by atoms with Gasteiger partial charge in [-0.25, -0.2) is 0 Å². The van der Waals surface area contributed by atoms with Crippen molar-refractivity contribution in [3.05, 3.63) is 77.4 Å². The van der Waals surface area contributed by atoms with Gasteiger partial charge in [0.2, 0.25) is 17.7 Å². The Balaban J connectivity index is 1.03. The Bertz CT molecular complexity index is 2140. The number of piperazine rings is 1. The first-order valence-corrected chi connectivity index (χ1v) is 20.1. The number of ether oxygens (including phenoxy) is 1. The van der Waals surface area contributed by atoms with Crippen LogP contribution in [-0.4, -0.2) is 95.4 Å². The number of thiol groups is 1. The second-order valence-corrected chi connectivity index (χ2v) is 16.1. The number of nitrogens with one attached hydrogen (secondary N) is 3. The molecule has 1 unspecified atom stereocenters. The average Bonchev–Trinajstić information content (AvgIpc) is 3.35. The number of rotatable bonds is 12. The minimum Gasteiger partial charge on any atom is -0.492 e. The Hall–Kier alpha value is -5.31. The molecule has 13 nitrogen and oxygen atoms in total. The van der Waals surface area contributed by atoms with Crippen molar-refractivity contribution in [2.75, 3.05) is 53.2 Å². The van der Waals surface area contributed by atoms with Gasteiger partial charge < -0.3 is 20.3 Å². The second kappa shape index (κ2) is 17.5. The number of imide groups is 1. The predicted molar refractivity (Wildman–Crippen MR) is 221 cm³/mol. The van der Waals surface area contributed by atoms with E-state index in [1.807, 2.05) is 25.1 Å². The molecular weight excluding hydrogens is 786 g/mol. The van der Waals surface area contributed by atoms with Gasteiger partial charge in [-0.1, -0.05) is 13.0 Å². The van der Waals surface area contributed by atoms with Crippen LogP contribution < -0.4 is 30.5 Å². The number of hydrogen-bond donors (Lipinski definition) is 4. The van der Waals surface area contributed by atoms with E-state index < -0.39 is 40.3 Å². The van der Waals surface area contributed by atoms with Crippen molar-refractivity contribution in [1.29, 1.82) is 5.26 Å². The number of carbonyl (C=O) groups is 4. The zero-order valence-corrected chi connectivity index (χ0v) is 34.5. The van der Waals surface area contributed by atoms with Gasteiger partial charge in [0, 0.05) is 60.9 Å². The first-order valence-electron chi connectivity index (χ1n) is 19.6. The third kappa shape index (κ3) is 9.45. The van der Waals surface area contributed by atoms with Crippen LogP contribution in [0.2, 0.25) is 0 Å². The van der Waals surface area contributed by atoms with Crippen LogP contribution in [-0.2, 0) is 31.8 Å². The first-order chi connectivity index (χ1) is 27.9.